The summed E-state index contributed by atoms with van der Waals surface area (Å²) in [5.41, 5.74) is 5.56. The molecule has 1 heterocycles. The first-order valence-electron chi connectivity index (χ1n) is 4.49. The van der Waals surface area contributed by atoms with Gasteiger partial charge in [0.15, 0.2) is 0 Å². The number of nitrogens with one attached hydrogen (secondary N) is 1. The quantitative estimate of drug-likeness (QED) is 0.382. The van der Waals surface area contributed by atoms with E-state index in [9.17, 15) is 9.59 Å². The number of nitrogens with zero attached hydrogens (tertiary/aromatic N) is 2. The van der Waals surface area contributed by atoms with Crippen molar-refractivity contribution < 1.29 is 14.7 Å². The molecule has 1 atom stereocenters. The van der Waals surface area contributed by atoms with Crippen LogP contribution in [0.2, 0.25) is 0 Å². The van der Waals surface area contributed by atoms with Crippen LogP contribution >= 0.6 is 0 Å². The van der Waals surface area contributed by atoms with Gasteiger partial charge < -0.3 is 15.7 Å². The van der Waals surface area contributed by atoms with E-state index in [0.29, 0.717) is 0 Å². The Morgan fingerprint density at radius 1 is 1.80 bits per heavy atom. The minimum atomic E-state index is -1.04. The molecule has 84 valence electrons. The highest BCUT2D eigenvalue weighted by Gasteiger charge is 2.31. The summed E-state index contributed by atoms with van der Waals surface area (Å²) < 4.78 is 0. The number of carbonyl (C=O) groups is 2. The van der Waals surface area contributed by atoms with Gasteiger partial charge in [0, 0.05) is 26.1 Å². The average molecular weight is 214 g/mol. The highest BCUT2D eigenvalue weighted by molar-refractivity contribution is 5.98. The van der Waals surface area contributed by atoms with E-state index in [1.54, 1.807) is 0 Å². The lowest BCUT2D eigenvalue weighted by Crippen LogP contribution is -2.45. The minimum absolute atomic E-state index is 0.115. The van der Waals surface area contributed by atoms with E-state index in [4.69, 9.17) is 16.2 Å². The van der Waals surface area contributed by atoms with Crippen molar-refractivity contribution in [2.45, 2.75) is 12.5 Å². The number of carboxylic acid groups (broad SMARTS) is 1. The van der Waals surface area contributed by atoms with E-state index in [1.165, 1.54) is 16.8 Å². The van der Waals surface area contributed by atoms with Gasteiger partial charge in [0.2, 0.25) is 11.9 Å². The third kappa shape index (κ3) is 2.66. The molecular weight excluding hydrogens is 200 g/mol. The fourth-order valence-corrected chi connectivity index (χ4v) is 1.42. The number of carboxylic acids is 1. The molecule has 1 saturated heterocycles. The molecule has 7 heteroatoms. The van der Waals surface area contributed by atoms with Gasteiger partial charge in [-0.3, -0.25) is 19.9 Å². The van der Waals surface area contributed by atoms with Crippen LogP contribution in [0.1, 0.15) is 6.42 Å². The average Bonchev–Trinajstić information content (AvgIpc) is 2.42. The van der Waals surface area contributed by atoms with E-state index < -0.39 is 5.97 Å². The van der Waals surface area contributed by atoms with Crippen molar-refractivity contribution in [3.8, 4) is 0 Å². The zero-order chi connectivity index (χ0) is 11.6. The number of carbonyl (C=O) groups excluding carboxylic acids is 1. The Kier molecular flexibility index (Phi) is 3.25. The Hall–Kier alpha value is -1.63. The van der Waals surface area contributed by atoms with Crippen molar-refractivity contribution in [2.24, 2.45) is 5.73 Å². The molecule has 0 spiro atoms. The van der Waals surface area contributed by atoms with Gasteiger partial charge in [0.05, 0.1) is 0 Å². The largest absolute Gasteiger partial charge is 0.480 e. The van der Waals surface area contributed by atoms with Crippen LogP contribution in [-0.2, 0) is 9.59 Å². The first-order chi connectivity index (χ1) is 6.91. The van der Waals surface area contributed by atoms with E-state index in [-0.39, 0.29) is 37.4 Å². The summed E-state index contributed by atoms with van der Waals surface area (Å²) in [5.74, 6) is -1.39. The summed E-state index contributed by atoms with van der Waals surface area (Å²) in [5, 5.41) is 16.1. The molecule has 0 aromatic heterocycles. The first-order valence-corrected chi connectivity index (χ1v) is 4.49. The second kappa shape index (κ2) is 4.26. The van der Waals surface area contributed by atoms with Crippen LogP contribution in [-0.4, -0.2) is 58.9 Å². The molecule has 0 aliphatic carbocycles. The summed E-state index contributed by atoms with van der Waals surface area (Å²) in [6.45, 7) is -0.0283. The number of hydrogen-bond acceptors (Lipinski definition) is 4. The van der Waals surface area contributed by atoms with E-state index in [1.807, 2.05) is 0 Å². The summed E-state index contributed by atoms with van der Waals surface area (Å²) in [4.78, 5) is 24.2. The number of hydrogen-bond donors (Lipinski definition) is 3. The monoisotopic (exact) mass is 214 g/mol. The van der Waals surface area contributed by atoms with Gasteiger partial charge in [-0.2, -0.15) is 0 Å². The molecule has 7 nitrogen and oxygen atoms in total. The topological polar surface area (TPSA) is 111 Å². The number of likely N-dealkylation sites (N-methyl/N-ethyl adjacent to an activating group) is 1. The first kappa shape index (κ1) is 11.4. The fraction of sp³-hybridized carbons (Fsp3) is 0.625. The van der Waals surface area contributed by atoms with Gasteiger partial charge in [-0.15, -0.1) is 0 Å². The third-order valence-electron chi connectivity index (χ3n) is 2.14. The molecule has 1 amide bonds. The second-order valence-electron chi connectivity index (χ2n) is 3.54. The Morgan fingerprint density at radius 2 is 2.40 bits per heavy atom. The van der Waals surface area contributed by atoms with Crippen LogP contribution in [0.5, 0.6) is 0 Å². The molecule has 0 aromatic rings. The molecule has 0 radical (unpaired) electrons. The second-order valence-corrected chi connectivity index (χ2v) is 3.54. The van der Waals surface area contributed by atoms with Crippen LogP contribution in [0.3, 0.4) is 0 Å². The van der Waals surface area contributed by atoms with Crippen molar-refractivity contribution in [3.05, 3.63) is 0 Å². The maximum atomic E-state index is 11.3. The standard InChI is InChI=1S/C8H14N4O3/c1-11(4-7(14)15)8(10)12-3-5(9)2-6(12)13/h5,10H,2-4,9H2,1H3,(H,14,15). The zero-order valence-electron chi connectivity index (χ0n) is 8.43. The lowest BCUT2D eigenvalue weighted by Gasteiger charge is -2.24. The van der Waals surface area contributed by atoms with Crippen molar-refractivity contribution in [3.63, 3.8) is 0 Å². The number of nitrogens with two attached hydrogens (primary N) is 1. The van der Waals surface area contributed by atoms with Crippen LogP contribution in [0.15, 0.2) is 0 Å². The van der Waals surface area contributed by atoms with E-state index >= 15 is 0 Å². The molecule has 1 unspecified atom stereocenters. The Bertz CT molecular complexity index is 304. The third-order valence-corrected chi connectivity index (χ3v) is 2.14. The number of rotatable bonds is 2. The lowest BCUT2D eigenvalue weighted by atomic mass is 10.3. The van der Waals surface area contributed by atoms with Crippen molar-refractivity contribution in [2.75, 3.05) is 20.1 Å². The smallest absolute Gasteiger partial charge is 0.323 e. The minimum Gasteiger partial charge on any atom is -0.480 e. The summed E-state index contributed by atoms with van der Waals surface area (Å²) in [6, 6.07) is -0.268. The van der Waals surface area contributed by atoms with Gasteiger partial charge in [-0.25, -0.2) is 0 Å². The van der Waals surface area contributed by atoms with Crippen LogP contribution < -0.4 is 5.73 Å². The molecule has 1 fully saturated rings. The van der Waals surface area contributed by atoms with Gasteiger partial charge in [0.1, 0.15) is 6.54 Å². The Morgan fingerprint density at radius 3 is 2.80 bits per heavy atom. The zero-order valence-corrected chi connectivity index (χ0v) is 8.43. The summed E-state index contributed by atoms with van der Waals surface area (Å²) in [6.07, 6.45) is 0.212. The van der Waals surface area contributed by atoms with E-state index in [2.05, 4.69) is 0 Å². The van der Waals surface area contributed by atoms with Crippen LogP contribution in [0.4, 0.5) is 0 Å². The number of aliphatic carboxylic acids is 1. The molecule has 0 saturated carbocycles. The number of likely N-dealkylation sites (tertiary alicyclic amines) is 1. The molecular formula is C8H14N4O3. The molecule has 4 N–H and O–H groups in total. The van der Waals surface area contributed by atoms with Crippen LogP contribution in [0.25, 0.3) is 0 Å². The van der Waals surface area contributed by atoms with Gasteiger partial charge >= 0.3 is 5.97 Å². The maximum absolute atomic E-state index is 11.3. The predicted molar refractivity (Wildman–Crippen MR) is 52.3 cm³/mol. The van der Waals surface area contributed by atoms with E-state index in [0.717, 1.165) is 0 Å². The molecule has 1 aliphatic heterocycles. The van der Waals surface area contributed by atoms with Crippen molar-refractivity contribution >= 4 is 17.8 Å². The number of guanidine groups is 1. The number of amides is 1. The summed E-state index contributed by atoms with van der Waals surface area (Å²) >= 11 is 0. The molecule has 1 rings (SSSR count). The highest BCUT2D eigenvalue weighted by Crippen LogP contribution is 2.10. The van der Waals surface area contributed by atoms with Gasteiger partial charge in [0.25, 0.3) is 0 Å². The van der Waals surface area contributed by atoms with Crippen molar-refractivity contribution in [1.29, 1.82) is 5.41 Å². The Balaban J connectivity index is 2.60. The molecule has 15 heavy (non-hydrogen) atoms. The highest BCUT2D eigenvalue weighted by atomic mass is 16.4. The fourth-order valence-electron chi connectivity index (χ4n) is 1.42. The van der Waals surface area contributed by atoms with Crippen molar-refractivity contribution in [1.82, 2.24) is 9.80 Å². The van der Waals surface area contributed by atoms with Crippen LogP contribution in [0, 0.1) is 5.41 Å². The molecule has 0 aromatic carbocycles. The van der Waals surface area contributed by atoms with Gasteiger partial charge in [-0.05, 0) is 0 Å². The molecule has 1 aliphatic rings. The normalized spacial score (nSPS) is 20.5. The lowest BCUT2D eigenvalue weighted by molar-refractivity contribution is -0.137. The maximum Gasteiger partial charge on any atom is 0.323 e. The Labute approximate surface area is 87.0 Å². The van der Waals surface area contributed by atoms with Gasteiger partial charge in [-0.1, -0.05) is 0 Å². The summed E-state index contributed by atoms with van der Waals surface area (Å²) in [7, 11) is 1.45. The molecule has 0 bridgehead atoms. The predicted octanol–water partition coefficient (Wildman–Crippen LogP) is -1.50. The SMILES string of the molecule is CN(CC(=O)O)C(=N)N1CC(N)CC1=O.